The number of nitrogens with zero attached hydrogens (tertiary/aromatic N) is 3. The molecule has 0 spiro atoms. The predicted molar refractivity (Wildman–Crippen MR) is 132 cm³/mol. The average molecular weight is 534 g/mol. The van der Waals surface area contributed by atoms with Crippen molar-refractivity contribution >= 4 is 47.2 Å². The van der Waals surface area contributed by atoms with Crippen molar-refractivity contribution in [3.8, 4) is 0 Å². The van der Waals surface area contributed by atoms with Crippen LogP contribution in [0, 0.1) is 12.8 Å². The number of thiophene rings is 1. The van der Waals surface area contributed by atoms with Crippen LogP contribution in [0.2, 0.25) is 0 Å². The molecule has 0 bridgehead atoms. The average Bonchev–Trinajstić information content (AvgIpc) is 3.04. The molecule has 164 valence electrons. The summed E-state index contributed by atoms with van der Waals surface area (Å²) in [5, 5.41) is 6.91. The van der Waals surface area contributed by atoms with E-state index < -0.39 is 0 Å². The molecule has 2 N–H and O–H groups in total. The van der Waals surface area contributed by atoms with Crippen molar-refractivity contribution in [2.75, 3.05) is 46.3 Å². The van der Waals surface area contributed by atoms with Crippen LogP contribution in [0.4, 0.5) is 0 Å². The molecule has 2 fully saturated rings. The Morgan fingerprint density at radius 3 is 2.55 bits per heavy atom. The van der Waals surface area contributed by atoms with Crippen molar-refractivity contribution in [3.05, 3.63) is 21.9 Å². The molecule has 2 aliphatic rings. The number of carbonyl (C=O) groups excluding carboxylic acids is 1. The second kappa shape index (κ2) is 12.1. The number of hydrogen-bond acceptors (Lipinski definition) is 4. The van der Waals surface area contributed by atoms with Gasteiger partial charge in [-0.2, -0.15) is 0 Å². The van der Waals surface area contributed by atoms with Gasteiger partial charge in [0.05, 0.1) is 0 Å². The number of halogens is 1. The van der Waals surface area contributed by atoms with Crippen LogP contribution >= 0.6 is 35.3 Å². The van der Waals surface area contributed by atoms with Crippen LogP contribution in [0.15, 0.2) is 17.1 Å². The van der Waals surface area contributed by atoms with E-state index in [-0.39, 0.29) is 24.0 Å². The van der Waals surface area contributed by atoms with Crippen molar-refractivity contribution < 1.29 is 4.79 Å². The van der Waals surface area contributed by atoms with Crippen LogP contribution in [-0.2, 0) is 11.2 Å². The first-order valence-electron chi connectivity index (χ1n) is 10.6. The van der Waals surface area contributed by atoms with Gasteiger partial charge in [0.2, 0.25) is 5.91 Å². The zero-order valence-corrected chi connectivity index (χ0v) is 21.1. The molecular formula is C21H36IN5OS. The molecule has 1 unspecified atom stereocenters. The van der Waals surface area contributed by atoms with Gasteiger partial charge < -0.3 is 15.5 Å². The third-order valence-electron chi connectivity index (χ3n) is 5.77. The molecule has 1 aromatic rings. The smallest absolute Gasteiger partial charge is 0.225 e. The van der Waals surface area contributed by atoms with Crippen molar-refractivity contribution in [2.24, 2.45) is 10.9 Å². The Kier molecular flexibility index (Phi) is 10.2. The molecule has 1 amide bonds. The maximum absolute atomic E-state index is 12.3. The van der Waals surface area contributed by atoms with E-state index in [4.69, 9.17) is 0 Å². The van der Waals surface area contributed by atoms with E-state index in [0.29, 0.717) is 17.9 Å². The van der Waals surface area contributed by atoms with Gasteiger partial charge in [-0.15, -0.1) is 35.3 Å². The van der Waals surface area contributed by atoms with E-state index in [1.807, 2.05) is 18.4 Å². The molecule has 1 aromatic heterocycles. The summed E-state index contributed by atoms with van der Waals surface area (Å²) in [6.45, 7) is 9.88. The number of amides is 1. The monoisotopic (exact) mass is 533 g/mol. The number of aliphatic imine (C=N–C) groups is 1. The standard InChI is InChI=1S/C21H35N5OS.HI/c1-16(15-19-8-7-17(2)28-19)24-21(22-3)23-9-10-25-11-13-26(14-12-25)20(27)18-5-4-6-18;/h7-8,16,18H,4-6,9-15H2,1-3H3,(H2,22,23,24);1H. The van der Waals surface area contributed by atoms with Gasteiger partial charge >= 0.3 is 0 Å². The van der Waals surface area contributed by atoms with Gasteiger partial charge in [0.25, 0.3) is 0 Å². The maximum Gasteiger partial charge on any atom is 0.225 e. The zero-order valence-electron chi connectivity index (χ0n) is 17.9. The first kappa shape index (κ1) is 24.4. The number of aryl methyl sites for hydroxylation is 1. The second-order valence-corrected chi connectivity index (χ2v) is 9.43. The predicted octanol–water partition coefficient (Wildman–Crippen LogP) is 2.71. The van der Waals surface area contributed by atoms with E-state index in [2.05, 4.69) is 51.4 Å². The molecule has 0 radical (unpaired) electrons. The molecule has 1 aliphatic carbocycles. The number of nitrogens with one attached hydrogen (secondary N) is 2. The quantitative estimate of drug-likeness (QED) is 0.322. The van der Waals surface area contributed by atoms with Crippen LogP contribution in [0.25, 0.3) is 0 Å². The first-order valence-corrected chi connectivity index (χ1v) is 11.4. The SMILES string of the molecule is CN=C(NCCN1CCN(C(=O)C2CCC2)CC1)NC(C)Cc1ccc(C)s1.I. The summed E-state index contributed by atoms with van der Waals surface area (Å²) < 4.78 is 0. The summed E-state index contributed by atoms with van der Waals surface area (Å²) in [5.41, 5.74) is 0. The number of rotatable bonds is 7. The largest absolute Gasteiger partial charge is 0.355 e. The van der Waals surface area contributed by atoms with Crippen LogP contribution in [0.1, 0.15) is 35.9 Å². The minimum atomic E-state index is 0. The maximum atomic E-state index is 12.3. The molecule has 29 heavy (non-hydrogen) atoms. The number of guanidine groups is 1. The van der Waals surface area contributed by atoms with E-state index in [0.717, 1.165) is 64.5 Å². The van der Waals surface area contributed by atoms with E-state index in [1.54, 1.807) is 0 Å². The van der Waals surface area contributed by atoms with Gasteiger partial charge in [0, 0.05) is 74.5 Å². The number of hydrogen-bond donors (Lipinski definition) is 2. The number of carbonyl (C=O) groups is 1. The Morgan fingerprint density at radius 2 is 2.00 bits per heavy atom. The molecule has 8 heteroatoms. The lowest BCUT2D eigenvalue weighted by Gasteiger charge is -2.38. The molecule has 3 rings (SSSR count). The second-order valence-electron chi connectivity index (χ2n) is 8.06. The van der Waals surface area contributed by atoms with E-state index >= 15 is 0 Å². The topological polar surface area (TPSA) is 60.0 Å². The summed E-state index contributed by atoms with van der Waals surface area (Å²) in [4.78, 5) is 24.0. The zero-order chi connectivity index (χ0) is 19.9. The summed E-state index contributed by atoms with van der Waals surface area (Å²) in [7, 11) is 1.82. The molecule has 0 aromatic carbocycles. The highest BCUT2D eigenvalue weighted by molar-refractivity contribution is 14.0. The highest BCUT2D eigenvalue weighted by Gasteiger charge is 2.30. The summed E-state index contributed by atoms with van der Waals surface area (Å²) in [6, 6.07) is 4.73. The fourth-order valence-electron chi connectivity index (χ4n) is 3.81. The van der Waals surface area contributed by atoms with Gasteiger partial charge in [-0.3, -0.25) is 14.7 Å². The lowest BCUT2D eigenvalue weighted by Crippen LogP contribution is -2.52. The Bertz CT molecular complexity index is 668. The highest BCUT2D eigenvalue weighted by atomic mass is 127. The lowest BCUT2D eigenvalue weighted by molar-refractivity contribution is -0.139. The van der Waals surface area contributed by atoms with Crippen LogP contribution in [0.5, 0.6) is 0 Å². The Hall–Kier alpha value is -0.870. The lowest BCUT2D eigenvalue weighted by atomic mass is 9.84. The third kappa shape index (κ3) is 7.40. The van der Waals surface area contributed by atoms with Gasteiger partial charge in [-0.05, 0) is 38.8 Å². The van der Waals surface area contributed by atoms with Crippen molar-refractivity contribution in [1.82, 2.24) is 20.4 Å². The van der Waals surface area contributed by atoms with Crippen molar-refractivity contribution in [2.45, 2.75) is 45.6 Å². The van der Waals surface area contributed by atoms with Crippen LogP contribution in [0.3, 0.4) is 0 Å². The summed E-state index contributed by atoms with van der Waals surface area (Å²) in [5.74, 6) is 1.57. The highest BCUT2D eigenvalue weighted by Crippen LogP contribution is 2.28. The Morgan fingerprint density at radius 1 is 1.28 bits per heavy atom. The van der Waals surface area contributed by atoms with Crippen LogP contribution < -0.4 is 10.6 Å². The Balaban J connectivity index is 0.00000300. The fraction of sp³-hybridized carbons (Fsp3) is 0.714. The van der Waals surface area contributed by atoms with Crippen LogP contribution in [-0.4, -0.2) is 74.0 Å². The van der Waals surface area contributed by atoms with Gasteiger partial charge in [0.1, 0.15) is 0 Å². The summed E-state index contributed by atoms with van der Waals surface area (Å²) >= 11 is 1.86. The third-order valence-corrected chi connectivity index (χ3v) is 6.79. The molecule has 1 saturated heterocycles. The van der Waals surface area contributed by atoms with Gasteiger partial charge in [-0.25, -0.2) is 0 Å². The summed E-state index contributed by atoms with van der Waals surface area (Å²) in [6.07, 6.45) is 4.43. The van der Waals surface area contributed by atoms with Crippen molar-refractivity contribution in [1.29, 1.82) is 0 Å². The first-order chi connectivity index (χ1) is 13.5. The number of piperazine rings is 1. The Labute approximate surface area is 196 Å². The molecule has 1 aliphatic heterocycles. The molecule has 1 saturated carbocycles. The molecule has 1 atom stereocenters. The normalized spacial score (nSPS) is 19.3. The molecular weight excluding hydrogens is 497 g/mol. The molecule has 2 heterocycles. The molecule has 6 nitrogen and oxygen atoms in total. The fourth-order valence-corrected chi connectivity index (χ4v) is 4.83. The van der Waals surface area contributed by atoms with E-state index in [9.17, 15) is 4.79 Å². The minimum Gasteiger partial charge on any atom is -0.355 e. The minimum absolute atomic E-state index is 0. The van der Waals surface area contributed by atoms with Gasteiger partial charge in [-0.1, -0.05) is 6.42 Å². The van der Waals surface area contributed by atoms with E-state index in [1.165, 1.54) is 16.2 Å². The van der Waals surface area contributed by atoms with Crippen molar-refractivity contribution in [3.63, 3.8) is 0 Å². The van der Waals surface area contributed by atoms with Gasteiger partial charge in [0.15, 0.2) is 5.96 Å².